The van der Waals surface area contributed by atoms with E-state index < -0.39 is 28.5 Å². The van der Waals surface area contributed by atoms with Gasteiger partial charge in [-0.15, -0.1) is 0 Å². The van der Waals surface area contributed by atoms with Gasteiger partial charge in [0.2, 0.25) is 21.8 Å². The molecule has 11 heteroatoms. The first-order valence-electron chi connectivity index (χ1n) is 11.7. The third-order valence-corrected chi connectivity index (χ3v) is 6.86. The second-order valence-electron chi connectivity index (χ2n) is 8.29. The number of fused-ring (bicyclic) bond motifs is 1. The molecule has 2 aromatic carbocycles. The van der Waals surface area contributed by atoms with E-state index in [2.05, 4.69) is 5.32 Å². The molecule has 1 heterocycles. The van der Waals surface area contributed by atoms with Crippen LogP contribution in [0.4, 0.5) is 5.69 Å². The van der Waals surface area contributed by atoms with Crippen molar-refractivity contribution in [3.63, 3.8) is 0 Å². The van der Waals surface area contributed by atoms with E-state index in [0.29, 0.717) is 43.4 Å². The lowest BCUT2D eigenvalue weighted by molar-refractivity contribution is -0.140. The van der Waals surface area contributed by atoms with Gasteiger partial charge in [-0.3, -0.25) is 13.9 Å². The van der Waals surface area contributed by atoms with Crippen molar-refractivity contribution in [3.05, 3.63) is 48.0 Å². The van der Waals surface area contributed by atoms with Crippen LogP contribution < -0.4 is 23.8 Å². The summed E-state index contributed by atoms with van der Waals surface area (Å²) in [6, 6.07) is 11.1. The molecular weight excluding hydrogens is 486 g/mol. The smallest absolute Gasteiger partial charge is 0.244 e. The second kappa shape index (κ2) is 12.0. The van der Waals surface area contributed by atoms with Gasteiger partial charge in [-0.05, 0) is 43.2 Å². The minimum absolute atomic E-state index is 0.102. The van der Waals surface area contributed by atoms with E-state index in [9.17, 15) is 18.0 Å². The van der Waals surface area contributed by atoms with Crippen LogP contribution in [0.1, 0.15) is 25.8 Å². The van der Waals surface area contributed by atoms with Gasteiger partial charge < -0.3 is 24.4 Å². The summed E-state index contributed by atoms with van der Waals surface area (Å²) in [5.41, 5.74) is 1.01. The van der Waals surface area contributed by atoms with E-state index in [1.807, 2.05) is 6.07 Å². The molecule has 36 heavy (non-hydrogen) atoms. The van der Waals surface area contributed by atoms with Crippen molar-refractivity contribution in [1.29, 1.82) is 0 Å². The van der Waals surface area contributed by atoms with E-state index in [1.165, 1.54) is 11.0 Å². The minimum Gasteiger partial charge on any atom is -0.497 e. The molecule has 1 aliphatic heterocycles. The Balaban J connectivity index is 1.95. The average Bonchev–Trinajstić information content (AvgIpc) is 2.86. The Hall–Kier alpha value is -3.47. The summed E-state index contributed by atoms with van der Waals surface area (Å²) in [7, 11) is -2.31. The van der Waals surface area contributed by atoms with Crippen molar-refractivity contribution < 1.29 is 32.2 Å². The number of carbonyl (C=O) groups excluding carboxylic acids is 2. The predicted molar refractivity (Wildman–Crippen MR) is 136 cm³/mol. The summed E-state index contributed by atoms with van der Waals surface area (Å²) in [5.74, 6) is 0.700. The van der Waals surface area contributed by atoms with E-state index in [4.69, 9.17) is 14.2 Å². The third-order valence-electron chi connectivity index (χ3n) is 5.72. The molecular formula is C25H33N3O7S. The molecule has 0 saturated carbocycles. The van der Waals surface area contributed by atoms with E-state index in [-0.39, 0.29) is 18.1 Å². The molecule has 2 amide bonds. The number of rotatable bonds is 11. The molecule has 0 aliphatic carbocycles. The zero-order chi connectivity index (χ0) is 26.3. The molecule has 0 spiro atoms. The van der Waals surface area contributed by atoms with Crippen LogP contribution in [-0.2, 0) is 26.2 Å². The van der Waals surface area contributed by atoms with E-state index in [0.717, 1.165) is 16.1 Å². The van der Waals surface area contributed by atoms with Crippen LogP contribution in [0.15, 0.2) is 42.5 Å². The molecule has 0 radical (unpaired) electrons. The molecule has 2 aromatic rings. The fraction of sp³-hybridized carbons (Fsp3) is 0.440. The first-order chi connectivity index (χ1) is 17.2. The van der Waals surface area contributed by atoms with Crippen LogP contribution in [0.3, 0.4) is 0 Å². The van der Waals surface area contributed by atoms with Crippen molar-refractivity contribution >= 4 is 27.5 Å². The van der Waals surface area contributed by atoms with Gasteiger partial charge in [0.1, 0.15) is 31.5 Å². The molecule has 1 aliphatic rings. The summed E-state index contributed by atoms with van der Waals surface area (Å²) in [4.78, 5) is 28.0. The zero-order valence-corrected chi connectivity index (χ0v) is 21.8. The van der Waals surface area contributed by atoms with Crippen molar-refractivity contribution in [2.24, 2.45) is 0 Å². The highest BCUT2D eigenvalue weighted by Crippen LogP contribution is 2.34. The highest BCUT2D eigenvalue weighted by Gasteiger charge is 2.32. The molecule has 0 fully saturated rings. The zero-order valence-electron chi connectivity index (χ0n) is 21.0. The summed E-state index contributed by atoms with van der Waals surface area (Å²) < 4.78 is 42.9. The maximum atomic E-state index is 13.7. The van der Waals surface area contributed by atoms with Gasteiger partial charge in [0.05, 0.1) is 19.1 Å². The fourth-order valence-corrected chi connectivity index (χ4v) is 4.82. The number of amides is 2. The fourth-order valence-electron chi connectivity index (χ4n) is 3.98. The van der Waals surface area contributed by atoms with Crippen LogP contribution in [0, 0.1) is 0 Å². The van der Waals surface area contributed by atoms with Crippen molar-refractivity contribution in [1.82, 2.24) is 10.2 Å². The Bertz CT molecular complexity index is 1190. The Labute approximate surface area is 212 Å². The van der Waals surface area contributed by atoms with Gasteiger partial charge in [0.15, 0.2) is 11.5 Å². The Morgan fingerprint density at radius 1 is 1.08 bits per heavy atom. The molecule has 1 N–H and O–H groups in total. The highest BCUT2D eigenvalue weighted by atomic mass is 32.2. The van der Waals surface area contributed by atoms with Crippen LogP contribution in [0.2, 0.25) is 0 Å². The lowest BCUT2D eigenvalue weighted by atomic mass is 10.1. The largest absolute Gasteiger partial charge is 0.497 e. The quantitative estimate of drug-likeness (QED) is 0.484. The van der Waals surface area contributed by atoms with Crippen molar-refractivity contribution in [2.75, 3.05) is 44.0 Å². The summed E-state index contributed by atoms with van der Waals surface area (Å²) >= 11 is 0. The predicted octanol–water partition coefficient (Wildman–Crippen LogP) is 2.18. The van der Waals surface area contributed by atoms with Crippen molar-refractivity contribution in [3.8, 4) is 17.2 Å². The Morgan fingerprint density at radius 2 is 1.81 bits per heavy atom. The van der Waals surface area contributed by atoms with Crippen molar-refractivity contribution in [2.45, 2.75) is 32.9 Å². The first-order valence-corrected chi connectivity index (χ1v) is 13.6. The Morgan fingerprint density at radius 3 is 2.44 bits per heavy atom. The summed E-state index contributed by atoms with van der Waals surface area (Å²) in [5, 5.41) is 2.77. The SMILES string of the molecule is CCNC(=O)[C@@H](CC)N(Cc1cccc(OC)c1)C(=O)CN(c1ccc2c(c1)OCCO2)S(C)(=O)=O. The molecule has 0 saturated heterocycles. The second-order valence-corrected chi connectivity index (χ2v) is 10.2. The Kier molecular flexibility index (Phi) is 9.03. The number of methoxy groups -OCH3 is 1. The van der Waals surface area contributed by atoms with Gasteiger partial charge in [-0.2, -0.15) is 0 Å². The number of nitrogens with one attached hydrogen (secondary N) is 1. The minimum atomic E-state index is -3.85. The number of benzene rings is 2. The molecule has 0 bridgehead atoms. The third kappa shape index (κ3) is 6.60. The standard InChI is InChI=1S/C25H33N3O7S/c1-5-21(25(30)26-6-2)27(16-18-8-7-9-20(14-18)33-3)24(29)17-28(36(4,31)32)19-10-11-22-23(15-19)35-13-12-34-22/h7-11,14-15,21H,5-6,12-13,16-17H2,1-4H3,(H,26,30)/t21-/m1/s1. The maximum absolute atomic E-state index is 13.7. The monoisotopic (exact) mass is 519 g/mol. The van der Waals surface area contributed by atoms with Crippen LogP contribution in [-0.4, -0.2) is 70.8 Å². The van der Waals surface area contributed by atoms with E-state index >= 15 is 0 Å². The number of anilines is 1. The number of ether oxygens (including phenoxy) is 3. The normalized spacial score (nSPS) is 13.4. The number of nitrogens with zero attached hydrogens (tertiary/aromatic N) is 2. The molecule has 196 valence electrons. The van der Waals surface area contributed by atoms with Crippen LogP contribution in [0.25, 0.3) is 0 Å². The number of hydrogen-bond acceptors (Lipinski definition) is 7. The van der Waals surface area contributed by atoms with Gasteiger partial charge in [0, 0.05) is 19.2 Å². The topological polar surface area (TPSA) is 114 Å². The lowest BCUT2D eigenvalue weighted by Gasteiger charge is -2.33. The average molecular weight is 520 g/mol. The number of likely N-dealkylation sites (N-methyl/N-ethyl adjacent to an activating group) is 1. The molecule has 1 atom stereocenters. The molecule has 0 aromatic heterocycles. The first kappa shape index (κ1) is 27.1. The summed E-state index contributed by atoms with van der Waals surface area (Å²) in [6.45, 7) is 4.37. The number of sulfonamides is 1. The molecule has 3 rings (SSSR count). The van der Waals surface area contributed by atoms with E-state index in [1.54, 1.807) is 51.3 Å². The number of carbonyl (C=O) groups is 2. The highest BCUT2D eigenvalue weighted by molar-refractivity contribution is 7.92. The summed E-state index contributed by atoms with van der Waals surface area (Å²) in [6.07, 6.45) is 1.38. The lowest BCUT2D eigenvalue weighted by Crippen LogP contribution is -2.52. The van der Waals surface area contributed by atoms with Crippen LogP contribution in [0.5, 0.6) is 17.2 Å². The van der Waals surface area contributed by atoms with Gasteiger partial charge >= 0.3 is 0 Å². The molecule has 0 unspecified atom stereocenters. The van der Waals surface area contributed by atoms with Gasteiger partial charge in [-0.25, -0.2) is 8.42 Å². The van der Waals surface area contributed by atoms with Gasteiger partial charge in [-0.1, -0.05) is 19.1 Å². The van der Waals surface area contributed by atoms with Crippen LogP contribution >= 0.6 is 0 Å². The maximum Gasteiger partial charge on any atom is 0.244 e. The number of hydrogen-bond donors (Lipinski definition) is 1. The molecule has 10 nitrogen and oxygen atoms in total. The van der Waals surface area contributed by atoms with Gasteiger partial charge in [0.25, 0.3) is 0 Å².